The number of pyridine rings is 1. The second-order valence-corrected chi connectivity index (χ2v) is 4.80. The van der Waals surface area contributed by atoms with Crippen molar-refractivity contribution in [2.45, 2.75) is 38.6 Å². The van der Waals surface area contributed by atoms with Crippen LogP contribution in [0.5, 0.6) is 0 Å². The van der Waals surface area contributed by atoms with E-state index >= 15 is 0 Å². The minimum atomic E-state index is 0. The van der Waals surface area contributed by atoms with Crippen LogP contribution in [0.15, 0.2) is 24.4 Å². The van der Waals surface area contributed by atoms with Gasteiger partial charge in [0, 0.05) is 12.2 Å². The lowest BCUT2D eigenvalue weighted by Crippen LogP contribution is -2.26. The predicted molar refractivity (Wildman–Crippen MR) is 69.5 cm³/mol. The van der Waals surface area contributed by atoms with E-state index in [1.54, 1.807) is 0 Å². The van der Waals surface area contributed by atoms with E-state index < -0.39 is 0 Å². The molecular weight excluding hydrogens is 220 g/mol. The molecule has 1 aliphatic rings. The predicted octanol–water partition coefficient (Wildman–Crippen LogP) is 3.33. The van der Waals surface area contributed by atoms with Gasteiger partial charge in [0.05, 0.1) is 5.69 Å². The van der Waals surface area contributed by atoms with Crippen LogP contribution in [0.25, 0.3) is 0 Å². The van der Waals surface area contributed by atoms with E-state index in [2.05, 4.69) is 11.9 Å². The maximum absolute atomic E-state index is 6.25. The van der Waals surface area contributed by atoms with Crippen LogP contribution in [-0.2, 0) is 0 Å². The van der Waals surface area contributed by atoms with Crippen LogP contribution in [0.2, 0.25) is 0 Å². The number of halogens is 1. The monoisotopic (exact) mass is 240 g/mol. The molecule has 0 aliphatic heterocycles. The van der Waals surface area contributed by atoms with Gasteiger partial charge in [0.1, 0.15) is 0 Å². The van der Waals surface area contributed by atoms with Crippen molar-refractivity contribution in [1.82, 2.24) is 4.98 Å². The molecule has 16 heavy (non-hydrogen) atoms. The fourth-order valence-electron chi connectivity index (χ4n) is 2.46. The Labute approximate surface area is 104 Å². The molecule has 1 aromatic rings. The van der Waals surface area contributed by atoms with Crippen LogP contribution in [0.4, 0.5) is 0 Å². The Morgan fingerprint density at radius 2 is 1.94 bits per heavy atom. The molecule has 2 nitrogen and oxygen atoms in total. The summed E-state index contributed by atoms with van der Waals surface area (Å²) in [5, 5.41) is 0. The zero-order valence-electron chi connectivity index (χ0n) is 9.80. The van der Waals surface area contributed by atoms with E-state index in [9.17, 15) is 0 Å². The van der Waals surface area contributed by atoms with E-state index in [-0.39, 0.29) is 18.4 Å². The molecule has 1 fully saturated rings. The van der Waals surface area contributed by atoms with Crippen molar-refractivity contribution in [3.05, 3.63) is 30.1 Å². The van der Waals surface area contributed by atoms with Gasteiger partial charge in [-0.15, -0.1) is 12.4 Å². The molecule has 2 N–H and O–H groups in total. The van der Waals surface area contributed by atoms with Gasteiger partial charge in [-0.1, -0.05) is 25.8 Å². The highest BCUT2D eigenvalue weighted by atomic mass is 35.5. The van der Waals surface area contributed by atoms with Gasteiger partial charge in [0.25, 0.3) is 0 Å². The summed E-state index contributed by atoms with van der Waals surface area (Å²) in [5.74, 6) is 1.52. The topological polar surface area (TPSA) is 38.9 Å². The maximum atomic E-state index is 6.25. The molecule has 0 radical (unpaired) electrons. The number of hydrogen-bond donors (Lipinski definition) is 1. The van der Waals surface area contributed by atoms with Crippen LogP contribution in [-0.4, -0.2) is 4.98 Å². The van der Waals surface area contributed by atoms with E-state index in [4.69, 9.17) is 5.73 Å². The number of rotatable bonds is 2. The van der Waals surface area contributed by atoms with Gasteiger partial charge in [-0.05, 0) is 36.8 Å². The van der Waals surface area contributed by atoms with Gasteiger partial charge in [0.15, 0.2) is 0 Å². The average Bonchev–Trinajstić information content (AvgIpc) is 2.30. The third-order valence-electron chi connectivity index (χ3n) is 3.60. The molecule has 90 valence electrons. The van der Waals surface area contributed by atoms with E-state index in [1.807, 2.05) is 24.4 Å². The number of hydrogen-bond acceptors (Lipinski definition) is 2. The lowest BCUT2D eigenvalue weighted by atomic mass is 9.78. The first-order valence-corrected chi connectivity index (χ1v) is 5.94. The summed E-state index contributed by atoms with van der Waals surface area (Å²) in [4.78, 5) is 4.35. The fraction of sp³-hybridized carbons (Fsp3) is 0.615. The van der Waals surface area contributed by atoms with Crippen LogP contribution >= 0.6 is 12.4 Å². The Kier molecular flexibility index (Phi) is 5.23. The van der Waals surface area contributed by atoms with Crippen molar-refractivity contribution in [3.8, 4) is 0 Å². The number of nitrogens with zero attached hydrogens (tertiary/aromatic N) is 1. The average molecular weight is 241 g/mol. The summed E-state index contributed by atoms with van der Waals surface area (Å²) in [6.07, 6.45) is 7.01. The molecule has 1 atom stereocenters. The highest BCUT2D eigenvalue weighted by molar-refractivity contribution is 5.85. The van der Waals surface area contributed by atoms with Gasteiger partial charge in [-0.2, -0.15) is 0 Å². The largest absolute Gasteiger partial charge is 0.322 e. The Hall–Kier alpha value is -0.600. The van der Waals surface area contributed by atoms with E-state index in [0.29, 0.717) is 5.92 Å². The Morgan fingerprint density at radius 3 is 2.50 bits per heavy atom. The summed E-state index contributed by atoms with van der Waals surface area (Å²) in [6, 6.07) is 6.15. The van der Waals surface area contributed by atoms with Crippen molar-refractivity contribution in [2.24, 2.45) is 17.6 Å². The first kappa shape index (κ1) is 13.5. The summed E-state index contributed by atoms with van der Waals surface area (Å²) >= 11 is 0. The Morgan fingerprint density at radius 1 is 1.25 bits per heavy atom. The zero-order valence-corrected chi connectivity index (χ0v) is 10.6. The van der Waals surface area contributed by atoms with Gasteiger partial charge in [-0.3, -0.25) is 4.98 Å². The smallest absolute Gasteiger partial charge is 0.0573 e. The molecule has 0 amide bonds. The zero-order chi connectivity index (χ0) is 10.7. The van der Waals surface area contributed by atoms with Gasteiger partial charge < -0.3 is 5.73 Å². The molecule has 1 heterocycles. The van der Waals surface area contributed by atoms with Crippen molar-refractivity contribution >= 4 is 12.4 Å². The molecule has 0 aromatic carbocycles. The lowest BCUT2D eigenvalue weighted by Gasteiger charge is -2.30. The standard InChI is InChI=1S/C13H20N2.ClH/c1-10-5-7-11(8-6-10)13(14)12-4-2-3-9-15-12;/h2-4,9-11,13H,5-8,14H2,1H3;1H. The second kappa shape index (κ2) is 6.21. The number of nitrogens with two attached hydrogens (primary N) is 1. The maximum Gasteiger partial charge on any atom is 0.0573 e. The SMILES string of the molecule is CC1CCC(C(N)c2ccccn2)CC1.Cl. The summed E-state index contributed by atoms with van der Waals surface area (Å²) in [7, 11) is 0. The van der Waals surface area contributed by atoms with Gasteiger partial charge in [0.2, 0.25) is 0 Å². The summed E-state index contributed by atoms with van der Waals surface area (Å²) in [6.45, 7) is 2.34. The van der Waals surface area contributed by atoms with Crippen LogP contribution in [0.1, 0.15) is 44.3 Å². The minimum Gasteiger partial charge on any atom is -0.322 e. The van der Waals surface area contributed by atoms with Gasteiger partial charge in [-0.25, -0.2) is 0 Å². The van der Waals surface area contributed by atoms with Crippen molar-refractivity contribution in [3.63, 3.8) is 0 Å². The molecular formula is C13H21ClN2. The first-order valence-electron chi connectivity index (χ1n) is 5.94. The second-order valence-electron chi connectivity index (χ2n) is 4.80. The quantitative estimate of drug-likeness (QED) is 0.861. The van der Waals surface area contributed by atoms with Crippen molar-refractivity contribution in [2.75, 3.05) is 0 Å². The molecule has 1 aliphatic carbocycles. The molecule has 0 spiro atoms. The van der Waals surface area contributed by atoms with Crippen molar-refractivity contribution < 1.29 is 0 Å². The highest BCUT2D eigenvalue weighted by Gasteiger charge is 2.24. The van der Waals surface area contributed by atoms with Crippen LogP contribution in [0.3, 0.4) is 0 Å². The fourth-order valence-corrected chi connectivity index (χ4v) is 2.46. The third kappa shape index (κ3) is 3.19. The van der Waals surface area contributed by atoms with Gasteiger partial charge >= 0.3 is 0 Å². The molecule has 3 heteroatoms. The normalized spacial score (nSPS) is 26.9. The Balaban J connectivity index is 0.00000128. The molecule has 0 bridgehead atoms. The van der Waals surface area contributed by atoms with Crippen LogP contribution < -0.4 is 5.73 Å². The first-order chi connectivity index (χ1) is 7.27. The lowest BCUT2D eigenvalue weighted by molar-refractivity contribution is 0.254. The molecule has 0 saturated heterocycles. The molecule has 1 unspecified atom stereocenters. The minimum absolute atomic E-state index is 0. The summed E-state index contributed by atoms with van der Waals surface area (Å²) in [5.41, 5.74) is 7.31. The highest BCUT2D eigenvalue weighted by Crippen LogP contribution is 2.34. The molecule has 1 saturated carbocycles. The molecule has 2 rings (SSSR count). The van der Waals surface area contributed by atoms with E-state index in [1.165, 1.54) is 25.7 Å². The Bertz CT molecular complexity index is 294. The van der Waals surface area contributed by atoms with Crippen LogP contribution in [0, 0.1) is 11.8 Å². The summed E-state index contributed by atoms with van der Waals surface area (Å²) < 4.78 is 0. The third-order valence-corrected chi connectivity index (χ3v) is 3.60. The van der Waals surface area contributed by atoms with E-state index in [0.717, 1.165) is 11.6 Å². The molecule has 1 aromatic heterocycles. The van der Waals surface area contributed by atoms with Crippen molar-refractivity contribution in [1.29, 1.82) is 0 Å². The number of aromatic nitrogens is 1.